The first kappa shape index (κ1) is 11.3. The molecule has 0 radical (unpaired) electrons. The van der Waals surface area contributed by atoms with Crippen LogP contribution in [-0.4, -0.2) is 55.6 Å². The number of rotatable bonds is 3. The number of hydrogen-bond acceptors (Lipinski definition) is 2. The topological polar surface area (TPSA) is 35.6 Å². The van der Waals surface area contributed by atoms with E-state index in [0.717, 1.165) is 32.5 Å². The Bertz CT molecular complexity index is 194. The highest BCUT2D eigenvalue weighted by Gasteiger charge is 2.26. The van der Waals surface area contributed by atoms with E-state index in [1.54, 1.807) is 0 Å². The minimum absolute atomic E-state index is 0.0937. The molecule has 0 saturated carbocycles. The second-order valence-electron chi connectivity index (χ2n) is 4.08. The van der Waals surface area contributed by atoms with Crippen molar-refractivity contribution in [3.05, 3.63) is 0 Å². The molecule has 0 aromatic rings. The highest BCUT2D eigenvalue weighted by atomic mass is 16.2. The fourth-order valence-corrected chi connectivity index (χ4v) is 1.69. The van der Waals surface area contributed by atoms with Gasteiger partial charge in [-0.1, -0.05) is 6.92 Å². The van der Waals surface area contributed by atoms with Gasteiger partial charge in [0.25, 0.3) is 0 Å². The predicted octanol–water partition coefficient (Wildman–Crippen LogP) is 0.742. The lowest BCUT2D eigenvalue weighted by atomic mass is 10.2. The summed E-state index contributed by atoms with van der Waals surface area (Å²) < 4.78 is 0. The number of carbonyl (C=O) groups excluding carboxylic acids is 1. The number of nitrogens with one attached hydrogen (secondary N) is 1. The van der Waals surface area contributed by atoms with Gasteiger partial charge in [-0.3, -0.25) is 0 Å². The normalized spacial score (nSPS) is 21.7. The van der Waals surface area contributed by atoms with E-state index >= 15 is 0 Å². The SMILES string of the molecule is CCCNC(=O)N1CCC(N(C)C)C1. The Morgan fingerprint density at radius 2 is 2.29 bits per heavy atom. The smallest absolute Gasteiger partial charge is 0.317 e. The first-order valence-electron chi connectivity index (χ1n) is 5.34. The molecule has 1 unspecified atom stereocenters. The fraction of sp³-hybridized carbons (Fsp3) is 0.900. The minimum atomic E-state index is 0.0937. The third kappa shape index (κ3) is 2.87. The molecule has 1 saturated heterocycles. The second kappa shape index (κ2) is 5.20. The van der Waals surface area contributed by atoms with Crippen molar-refractivity contribution in [2.24, 2.45) is 0 Å². The maximum Gasteiger partial charge on any atom is 0.317 e. The van der Waals surface area contributed by atoms with Gasteiger partial charge in [0.1, 0.15) is 0 Å². The van der Waals surface area contributed by atoms with Gasteiger partial charge >= 0.3 is 6.03 Å². The molecule has 0 spiro atoms. The summed E-state index contributed by atoms with van der Waals surface area (Å²) in [5.74, 6) is 0. The van der Waals surface area contributed by atoms with Crippen LogP contribution in [0.15, 0.2) is 0 Å². The van der Waals surface area contributed by atoms with Crippen LogP contribution in [0.5, 0.6) is 0 Å². The molecule has 1 aliphatic rings. The molecule has 1 heterocycles. The number of urea groups is 1. The Morgan fingerprint density at radius 3 is 2.79 bits per heavy atom. The van der Waals surface area contributed by atoms with Crippen molar-refractivity contribution >= 4 is 6.03 Å². The lowest BCUT2D eigenvalue weighted by molar-refractivity contribution is 0.203. The third-order valence-electron chi connectivity index (χ3n) is 2.71. The molecule has 14 heavy (non-hydrogen) atoms. The van der Waals surface area contributed by atoms with E-state index in [0.29, 0.717) is 6.04 Å². The number of carbonyl (C=O) groups is 1. The van der Waals surface area contributed by atoms with Gasteiger partial charge in [-0.05, 0) is 26.9 Å². The van der Waals surface area contributed by atoms with E-state index in [9.17, 15) is 4.79 Å². The Hall–Kier alpha value is -0.770. The van der Waals surface area contributed by atoms with Crippen molar-refractivity contribution in [1.82, 2.24) is 15.1 Å². The van der Waals surface area contributed by atoms with Crippen LogP contribution in [0, 0.1) is 0 Å². The Labute approximate surface area is 86.2 Å². The monoisotopic (exact) mass is 199 g/mol. The molecule has 2 amide bonds. The van der Waals surface area contributed by atoms with Gasteiger partial charge in [-0.2, -0.15) is 0 Å². The summed E-state index contributed by atoms with van der Waals surface area (Å²) in [5.41, 5.74) is 0. The average Bonchev–Trinajstić information content (AvgIpc) is 2.62. The minimum Gasteiger partial charge on any atom is -0.338 e. The van der Waals surface area contributed by atoms with Gasteiger partial charge in [-0.25, -0.2) is 4.79 Å². The zero-order chi connectivity index (χ0) is 10.6. The number of amides is 2. The Morgan fingerprint density at radius 1 is 1.57 bits per heavy atom. The predicted molar refractivity (Wildman–Crippen MR) is 57.4 cm³/mol. The molecule has 0 aromatic heterocycles. The largest absolute Gasteiger partial charge is 0.338 e. The summed E-state index contributed by atoms with van der Waals surface area (Å²) in [5, 5.41) is 2.90. The third-order valence-corrected chi connectivity index (χ3v) is 2.71. The molecule has 82 valence electrons. The number of likely N-dealkylation sites (tertiary alicyclic amines) is 1. The molecule has 4 nitrogen and oxygen atoms in total. The van der Waals surface area contributed by atoms with Crippen LogP contribution in [0.1, 0.15) is 19.8 Å². The molecule has 0 bridgehead atoms. The maximum absolute atomic E-state index is 11.6. The molecule has 1 N–H and O–H groups in total. The molecule has 1 aliphatic heterocycles. The van der Waals surface area contributed by atoms with E-state index in [1.807, 2.05) is 4.90 Å². The first-order chi connectivity index (χ1) is 6.65. The van der Waals surface area contributed by atoms with Crippen LogP contribution in [0.3, 0.4) is 0 Å². The lowest BCUT2D eigenvalue weighted by Crippen LogP contribution is -2.40. The van der Waals surface area contributed by atoms with Crippen molar-refractivity contribution < 1.29 is 4.79 Å². The standard InChI is InChI=1S/C10H21N3O/c1-4-6-11-10(14)13-7-5-9(8-13)12(2)3/h9H,4-8H2,1-3H3,(H,11,14). The molecular weight excluding hydrogens is 178 g/mol. The molecule has 0 aliphatic carbocycles. The molecule has 1 rings (SSSR count). The van der Waals surface area contributed by atoms with Crippen molar-refractivity contribution in [3.63, 3.8) is 0 Å². The number of hydrogen-bond donors (Lipinski definition) is 1. The van der Waals surface area contributed by atoms with Gasteiger partial charge in [0.15, 0.2) is 0 Å². The highest BCUT2D eigenvalue weighted by molar-refractivity contribution is 5.74. The second-order valence-corrected chi connectivity index (χ2v) is 4.08. The quantitative estimate of drug-likeness (QED) is 0.727. The zero-order valence-electron chi connectivity index (χ0n) is 9.42. The Balaban J connectivity index is 2.30. The summed E-state index contributed by atoms with van der Waals surface area (Å²) in [7, 11) is 4.14. The number of likely N-dealkylation sites (N-methyl/N-ethyl adjacent to an activating group) is 1. The van der Waals surface area contributed by atoms with Gasteiger partial charge in [0.2, 0.25) is 0 Å². The summed E-state index contributed by atoms with van der Waals surface area (Å²) in [6.07, 6.45) is 2.09. The summed E-state index contributed by atoms with van der Waals surface area (Å²) in [4.78, 5) is 15.7. The summed E-state index contributed by atoms with van der Waals surface area (Å²) in [6.45, 7) is 4.59. The zero-order valence-corrected chi connectivity index (χ0v) is 9.42. The van der Waals surface area contributed by atoms with Crippen LogP contribution >= 0.6 is 0 Å². The average molecular weight is 199 g/mol. The van der Waals surface area contributed by atoms with E-state index < -0.39 is 0 Å². The molecule has 4 heteroatoms. The van der Waals surface area contributed by atoms with Crippen LogP contribution in [0.2, 0.25) is 0 Å². The van der Waals surface area contributed by atoms with Gasteiger partial charge in [0, 0.05) is 25.7 Å². The van der Waals surface area contributed by atoms with Gasteiger partial charge < -0.3 is 15.1 Å². The molecule has 0 aromatic carbocycles. The molecular formula is C10H21N3O. The summed E-state index contributed by atoms with van der Waals surface area (Å²) in [6, 6.07) is 0.624. The van der Waals surface area contributed by atoms with Crippen molar-refractivity contribution in [2.75, 3.05) is 33.7 Å². The first-order valence-corrected chi connectivity index (χ1v) is 5.34. The van der Waals surface area contributed by atoms with Crippen molar-refractivity contribution in [2.45, 2.75) is 25.8 Å². The van der Waals surface area contributed by atoms with E-state index in [4.69, 9.17) is 0 Å². The van der Waals surface area contributed by atoms with Crippen molar-refractivity contribution in [3.8, 4) is 0 Å². The molecule has 1 fully saturated rings. The van der Waals surface area contributed by atoms with Crippen LogP contribution < -0.4 is 5.32 Å². The van der Waals surface area contributed by atoms with Crippen molar-refractivity contribution in [1.29, 1.82) is 0 Å². The van der Waals surface area contributed by atoms with Crippen LogP contribution in [0.4, 0.5) is 4.79 Å². The van der Waals surface area contributed by atoms with Gasteiger partial charge in [0.05, 0.1) is 0 Å². The maximum atomic E-state index is 11.6. The van der Waals surface area contributed by atoms with Crippen LogP contribution in [0.25, 0.3) is 0 Å². The number of nitrogens with zero attached hydrogens (tertiary/aromatic N) is 2. The Kier molecular flexibility index (Phi) is 4.20. The van der Waals surface area contributed by atoms with E-state index in [-0.39, 0.29) is 6.03 Å². The summed E-state index contributed by atoms with van der Waals surface area (Å²) >= 11 is 0. The van der Waals surface area contributed by atoms with E-state index in [1.165, 1.54) is 0 Å². The van der Waals surface area contributed by atoms with Crippen LogP contribution in [-0.2, 0) is 0 Å². The molecule has 1 atom stereocenters. The van der Waals surface area contributed by atoms with Gasteiger partial charge in [-0.15, -0.1) is 0 Å². The fourth-order valence-electron chi connectivity index (χ4n) is 1.69. The van der Waals surface area contributed by atoms with E-state index in [2.05, 4.69) is 31.2 Å². The highest BCUT2D eigenvalue weighted by Crippen LogP contribution is 2.12. The lowest BCUT2D eigenvalue weighted by Gasteiger charge is -2.20.